The molecule has 27 heavy (non-hydrogen) atoms. The molecule has 0 atom stereocenters. The van der Waals surface area contributed by atoms with Crippen LogP contribution >= 0.6 is 0 Å². The van der Waals surface area contributed by atoms with E-state index in [-0.39, 0.29) is 0 Å². The number of aryl methyl sites for hydroxylation is 1. The molecule has 1 heteroatoms. The van der Waals surface area contributed by atoms with Crippen molar-refractivity contribution in [3.63, 3.8) is 0 Å². The van der Waals surface area contributed by atoms with Crippen LogP contribution < -0.4 is 0 Å². The molecule has 1 aromatic heterocycles. The van der Waals surface area contributed by atoms with Crippen LogP contribution in [0.1, 0.15) is 16.8 Å². The van der Waals surface area contributed by atoms with Gasteiger partial charge in [0, 0.05) is 17.8 Å². The molecule has 1 heterocycles. The molecule has 0 unspecified atom stereocenters. The van der Waals surface area contributed by atoms with Crippen LogP contribution in [0.4, 0.5) is 0 Å². The van der Waals surface area contributed by atoms with Crippen molar-refractivity contribution in [1.82, 2.24) is 4.57 Å². The van der Waals surface area contributed by atoms with Crippen LogP contribution in [0.15, 0.2) is 91.0 Å². The molecule has 0 saturated carbocycles. The highest BCUT2D eigenvalue weighted by atomic mass is 15.0. The minimum Gasteiger partial charge on any atom is -0.344 e. The van der Waals surface area contributed by atoms with E-state index in [0.717, 1.165) is 13.0 Å². The van der Waals surface area contributed by atoms with Gasteiger partial charge in [-0.2, -0.15) is 0 Å². The third-order valence-corrected chi connectivity index (χ3v) is 5.41. The van der Waals surface area contributed by atoms with Crippen molar-refractivity contribution in [3.8, 4) is 22.4 Å². The second-order valence-corrected chi connectivity index (χ2v) is 7.05. The average Bonchev–Trinajstić information content (AvgIpc) is 2.99. The number of hydrogen-bond donors (Lipinski definition) is 0. The van der Waals surface area contributed by atoms with E-state index in [4.69, 9.17) is 0 Å². The maximum atomic E-state index is 2.50. The Morgan fingerprint density at radius 3 is 1.74 bits per heavy atom. The van der Waals surface area contributed by atoms with E-state index in [9.17, 15) is 0 Å². The second kappa shape index (κ2) is 7.67. The first-order chi connectivity index (χ1) is 13.3. The zero-order chi connectivity index (χ0) is 18.6. The van der Waals surface area contributed by atoms with E-state index in [2.05, 4.69) is 109 Å². The summed E-state index contributed by atoms with van der Waals surface area (Å²) in [5, 5.41) is 0. The second-order valence-electron chi connectivity index (χ2n) is 7.05. The SMILES string of the molecule is Cc1c(-c2ccccc2)c(-c2ccccc2)n(CCc2ccccc2)c1C. The molecule has 0 radical (unpaired) electrons. The Labute approximate surface area is 161 Å². The van der Waals surface area contributed by atoms with Gasteiger partial charge in [0.05, 0.1) is 5.69 Å². The fourth-order valence-corrected chi connectivity index (χ4v) is 3.88. The molecule has 3 aromatic carbocycles. The maximum Gasteiger partial charge on any atom is 0.0564 e. The molecule has 4 aromatic rings. The standard InChI is InChI=1S/C26H25N/c1-20-21(2)27(19-18-22-12-6-3-7-13-22)26(24-16-10-5-11-17-24)25(20)23-14-8-4-9-15-23/h3-17H,18-19H2,1-2H3. The van der Waals surface area contributed by atoms with Crippen molar-refractivity contribution in [2.75, 3.05) is 0 Å². The van der Waals surface area contributed by atoms with Crippen LogP contribution in [-0.2, 0) is 13.0 Å². The Hall–Kier alpha value is -3.06. The predicted molar refractivity (Wildman–Crippen MR) is 115 cm³/mol. The van der Waals surface area contributed by atoms with Crippen molar-refractivity contribution in [3.05, 3.63) is 108 Å². The first kappa shape index (κ1) is 17.4. The minimum atomic E-state index is 0.980. The number of rotatable bonds is 5. The molecule has 0 aliphatic rings. The molecule has 0 fully saturated rings. The molecular formula is C26H25N. The summed E-state index contributed by atoms with van der Waals surface area (Å²) >= 11 is 0. The van der Waals surface area contributed by atoms with E-state index in [1.165, 1.54) is 39.2 Å². The molecule has 0 spiro atoms. The van der Waals surface area contributed by atoms with Gasteiger partial charge in [-0.15, -0.1) is 0 Å². The topological polar surface area (TPSA) is 4.93 Å². The van der Waals surface area contributed by atoms with Crippen LogP contribution in [0.2, 0.25) is 0 Å². The first-order valence-electron chi connectivity index (χ1n) is 9.60. The molecule has 0 bridgehead atoms. The minimum absolute atomic E-state index is 0.980. The highest BCUT2D eigenvalue weighted by Gasteiger charge is 2.20. The van der Waals surface area contributed by atoms with Gasteiger partial charge in [-0.3, -0.25) is 0 Å². The Kier molecular flexibility index (Phi) is 4.93. The summed E-state index contributed by atoms with van der Waals surface area (Å²) in [4.78, 5) is 0. The highest BCUT2D eigenvalue weighted by Crippen LogP contribution is 2.38. The Morgan fingerprint density at radius 1 is 0.630 bits per heavy atom. The number of aromatic nitrogens is 1. The lowest BCUT2D eigenvalue weighted by molar-refractivity contribution is 0.687. The van der Waals surface area contributed by atoms with Gasteiger partial charge in [0.1, 0.15) is 0 Å². The Bertz CT molecular complexity index is 1010. The fraction of sp³-hybridized carbons (Fsp3) is 0.154. The van der Waals surface area contributed by atoms with Gasteiger partial charge in [0.15, 0.2) is 0 Å². The summed E-state index contributed by atoms with van der Waals surface area (Å²) in [5.41, 5.74) is 9.34. The zero-order valence-electron chi connectivity index (χ0n) is 16.0. The predicted octanol–water partition coefficient (Wildman–Crippen LogP) is 6.68. The largest absolute Gasteiger partial charge is 0.344 e. The number of benzene rings is 3. The van der Waals surface area contributed by atoms with Crippen LogP contribution in [0.5, 0.6) is 0 Å². The molecule has 0 N–H and O–H groups in total. The maximum absolute atomic E-state index is 2.50. The summed E-state index contributed by atoms with van der Waals surface area (Å²) in [6.07, 6.45) is 1.03. The monoisotopic (exact) mass is 351 g/mol. The van der Waals surface area contributed by atoms with Crippen molar-refractivity contribution >= 4 is 0 Å². The summed E-state index contributed by atoms with van der Waals surface area (Å²) in [7, 11) is 0. The van der Waals surface area contributed by atoms with Crippen molar-refractivity contribution < 1.29 is 0 Å². The smallest absolute Gasteiger partial charge is 0.0564 e. The van der Waals surface area contributed by atoms with Gasteiger partial charge in [-0.1, -0.05) is 91.0 Å². The first-order valence-corrected chi connectivity index (χ1v) is 9.60. The molecule has 0 saturated heterocycles. The van der Waals surface area contributed by atoms with Crippen molar-refractivity contribution in [2.45, 2.75) is 26.8 Å². The van der Waals surface area contributed by atoms with E-state index in [0.29, 0.717) is 0 Å². The molecule has 0 amide bonds. The van der Waals surface area contributed by atoms with Gasteiger partial charge in [-0.05, 0) is 42.5 Å². The van der Waals surface area contributed by atoms with E-state index >= 15 is 0 Å². The average molecular weight is 351 g/mol. The summed E-state index contributed by atoms with van der Waals surface area (Å²) in [6, 6.07) is 32.3. The van der Waals surface area contributed by atoms with Crippen LogP contribution in [-0.4, -0.2) is 4.57 Å². The quantitative estimate of drug-likeness (QED) is 0.378. The van der Waals surface area contributed by atoms with E-state index in [1.807, 2.05) is 0 Å². The van der Waals surface area contributed by atoms with Gasteiger partial charge >= 0.3 is 0 Å². The lowest BCUT2D eigenvalue weighted by Crippen LogP contribution is -2.05. The Morgan fingerprint density at radius 2 is 1.15 bits per heavy atom. The molecule has 4 rings (SSSR count). The van der Waals surface area contributed by atoms with Crippen LogP contribution in [0.3, 0.4) is 0 Å². The summed E-state index contributed by atoms with van der Waals surface area (Å²) in [6.45, 7) is 5.48. The summed E-state index contributed by atoms with van der Waals surface area (Å²) in [5.74, 6) is 0. The third-order valence-electron chi connectivity index (χ3n) is 5.41. The lowest BCUT2D eigenvalue weighted by atomic mass is 9.98. The normalized spacial score (nSPS) is 10.9. The molecule has 0 aliphatic carbocycles. The van der Waals surface area contributed by atoms with Gasteiger partial charge in [0.2, 0.25) is 0 Å². The molecular weight excluding hydrogens is 326 g/mol. The fourth-order valence-electron chi connectivity index (χ4n) is 3.88. The van der Waals surface area contributed by atoms with Crippen molar-refractivity contribution in [2.24, 2.45) is 0 Å². The van der Waals surface area contributed by atoms with E-state index < -0.39 is 0 Å². The summed E-state index contributed by atoms with van der Waals surface area (Å²) < 4.78 is 2.50. The molecule has 134 valence electrons. The van der Waals surface area contributed by atoms with Gasteiger partial charge in [0.25, 0.3) is 0 Å². The number of hydrogen-bond acceptors (Lipinski definition) is 0. The van der Waals surface area contributed by atoms with E-state index in [1.54, 1.807) is 0 Å². The molecule has 0 aliphatic heterocycles. The van der Waals surface area contributed by atoms with Gasteiger partial charge < -0.3 is 4.57 Å². The Balaban J connectivity index is 1.85. The van der Waals surface area contributed by atoms with Crippen LogP contribution in [0.25, 0.3) is 22.4 Å². The highest BCUT2D eigenvalue weighted by molar-refractivity contribution is 5.85. The van der Waals surface area contributed by atoms with Crippen LogP contribution in [0, 0.1) is 13.8 Å². The van der Waals surface area contributed by atoms with Gasteiger partial charge in [-0.25, -0.2) is 0 Å². The third kappa shape index (κ3) is 3.46. The molecule has 1 nitrogen and oxygen atoms in total. The lowest BCUT2D eigenvalue weighted by Gasteiger charge is -2.14. The zero-order valence-corrected chi connectivity index (χ0v) is 16.0. The van der Waals surface area contributed by atoms with Crippen molar-refractivity contribution in [1.29, 1.82) is 0 Å². The number of nitrogens with zero attached hydrogens (tertiary/aromatic N) is 1.